The zero-order valence-electron chi connectivity index (χ0n) is 11.7. The zero-order chi connectivity index (χ0) is 15.6. The molecule has 3 N–H and O–H groups in total. The van der Waals surface area contributed by atoms with Crippen LogP contribution in [0.25, 0.3) is 0 Å². The lowest BCUT2D eigenvalue weighted by molar-refractivity contribution is 0.102. The molecule has 0 aliphatic heterocycles. The summed E-state index contributed by atoms with van der Waals surface area (Å²) in [5.74, 6) is -0.179. The Hall–Kier alpha value is -1.72. The van der Waals surface area contributed by atoms with Crippen molar-refractivity contribution < 1.29 is 4.79 Å². The highest BCUT2D eigenvalue weighted by Gasteiger charge is 2.12. The third-order valence-electron chi connectivity index (χ3n) is 2.98. The predicted octanol–water partition coefficient (Wildman–Crippen LogP) is 3.95. The van der Waals surface area contributed by atoms with Gasteiger partial charge in [-0.05, 0) is 44.2 Å². The molecule has 0 saturated heterocycles. The molecule has 5 heteroatoms. The molecule has 0 bridgehead atoms. The SMILES string of the molecule is Cc1cc(C)cc(C(=O)Nc2ccc(Br)cc2C(N)=S)c1. The molecule has 0 fully saturated rings. The van der Waals surface area contributed by atoms with E-state index in [1.807, 2.05) is 38.1 Å². The number of hydrogen-bond donors (Lipinski definition) is 2. The van der Waals surface area contributed by atoms with Crippen LogP contribution in [0, 0.1) is 13.8 Å². The number of nitrogens with two attached hydrogens (primary N) is 1. The lowest BCUT2D eigenvalue weighted by Gasteiger charge is -2.11. The Balaban J connectivity index is 2.33. The highest BCUT2D eigenvalue weighted by Crippen LogP contribution is 2.22. The second-order valence-corrected chi connectivity index (χ2v) is 6.24. The van der Waals surface area contributed by atoms with Gasteiger partial charge < -0.3 is 11.1 Å². The quantitative estimate of drug-likeness (QED) is 0.812. The molecule has 0 spiro atoms. The van der Waals surface area contributed by atoms with Crippen molar-refractivity contribution in [3.8, 4) is 0 Å². The molecular weight excluding hydrogens is 348 g/mol. The molecule has 21 heavy (non-hydrogen) atoms. The van der Waals surface area contributed by atoms with Crippen LogP contribution in [0.2, 0.25) is 0 Å². The Morgan fingerprint density at radius 1 is 1.14 bits per heavy atom. The van der Waals surface area contributed by atoms with Gasteiger partial charge in [0, 0.05) is 15.6 Å². The minimum atomic E-state index is -0.179. The Kier molecular flexibility index (Phi) is 4.75. The summed E-state index contributed by atoms with van der Waals surface area (Å²) in [5.41, 5.74) is 9.66. The van der Waals surface area contributed by atoms with Gasteiger partial charge in [0.05, 0.1) is 5.69 Å². The molecule has 0 aliphatic rings. The number of carbonyl (C=O) groups is 1. The largest absolute Gasteiger partial charge is 0.389 e. The number of nitrogens with one attached hydrogen (secondary N) is 1. The van der Waals surface area contributed by atoms with Crippen molar-refractivity contribution in [3.05, 3.63) is 63.1 Å². The molecule has 108 valence electrons. The van der Waals surface area contributed by atoms with Crippen LogP contribution in [0.4, 0.5) is 5.69 Å². The van der Waals surface area contributed by atoms with Gasteiger partial charge in [-0.25, -0.2) is 0 Å². The fraction of sp³-hybridized carbons (Fsp3) is 0.125. The normalized spacial score (nSPS) is 10.2. The Bertz CT molecular complexity index is 708. The van der Waals surface area contributed by atoms with Crippen LogP contribution >= 0.6 is 28.1 Å². The van der Waals surface area contributed by atoms with E-state index in [1.54, 1.807) is 12.1 Å². The van der Waals surface area contributed by atoms with E-state index in [2.05, 4.69) is 21.2 Å². The predicted molar refractivity (Wildman–Crippen MR) is 93.9 cm³/mol. The van der Waals surface area contributed by atoms with Gasteiger partial charge in [0.2, 0.25) is 0 Å². The van der Waals surface area contributed by atoms with Crippen molar-refractivity contribution in [3.63, 3.8) is 0 Å². The van der Waals surface area contributed by atoms with Crippen LogP contribution in [0.1, 0.15) is 27.0 Å². The van der Waals surface area contributed by atoms with E-state index >= 15 is 0 Å². The Morgan fingerprint density at radius 2 is 1.76 bits per heavy atom. The molecular formula is C16H15BrN2OS. The lowest BCUT2D eigenvalue weighted by atomic mass is 10.1. The molecule has 2 rings (SSSR count). The highest BCUT2D eigenvalue weighted by atomic mass is 79.9. The first-order chi connectivity index (χ1) is 9.86. The molecule has 0 heterocycles. The van der Waals surface area contributed by atoms with E-state index in [0.717, 1.165) is 15.6 Å². The van der Waals surface area contributed by atoms with Gasteiger partial charge in [-0.1, -0.05) is 45.3 Å². The average molecular weight is 363 g/mol. The van der Waals surface area contributed by atoms with Gasteiger partial charge >= 0.3 is 0 Å². The summed E-state index contributed by atoms with van der Waals surface area (Å²) >= 11 is 8.39. The highest BCUT2D eigenvalue weighted by molar-refractivity contribution is 9.10. The van der Waals surface area contributed by atoms with Gasteiger partial charge in [-0.3, -0.25) is 4.79 Å². The van der Waals surface area contributed by atoms with E-state index in [1.165, 1.54) is 0 Å². The van der Waals surface area contributed by atoms with Crippen molar-refractivity contribution in [2.24, 2.45) is 5.73 Å². The van der Waals surface area contributed by atoms with Gasteiger partial charge in [0.1, 0.15) is 4.99 Å². The first-order valence-electron chi connectivity index (χ1n) is 6.36. The fourth-order valence-corrected chi connectivity index (χ4v) is 2.66. The van der Waals surface area contributed by atoms with E-state index in [0.29, 0.717) is 16.8 Å². The minimum absolute atomic E-state index is 0.179. The number of carbonyl (C=O) groups excluding carboxylic acids is 1. The van der Waals surface area contributed by atoms with E-state index in [-0.39, 0.29) is 10.9 Å². The van der Waals surface area contributed by atoms with Crippen LogP contribution in [0.5, 0.6) is 0 Å². The van der Waals surface area contributed by atoms with Crippen LogP contribution in [0.15, 0.2) is 40.9 Å². The molecule has 0 atom stereocenters. The van der Waals surface area contributed by atoms with Gasteiger partial charge in [0.15, 0.2) is 0 Å². The summed E-state index contributed by atoms with van der Waals surface area (Å²) in [4.78, 5) is 12.6. The maximum Gasteiger partial charge on any atom is 0.255 e. The van der Waals surface area contributed by atoms with Gasteiger partial charge in [-0.15, -0.1) is 0 Å². The molecule has 3 nitrogen and oxygen atoms in total. The summed E-state index contributed by atoms with van der Waals surface area (Å²) in [6.07, 6.45) is 0. The Morgan fingerprint density at radius 3 is 2.33 bits per heavy atom. The first kappa shape index (κ1) is 15.7. The number of thiocarbonyl (C=S) groups is 1. The fourth-order valence-electron chi connectivity index (χ4n) is 2.13. The summed E-state index contributed by atoms with van der Waals surface area (Å²) in [6.45, 7) is 3.92. The summed E-state index contributed by atoms with van der Waals surface area (Å²) in [7, 11) is 0. The van der Waals surface area contributed by atoms with Crippen molar-refractivity contribution in [2.45, 2.75) is 13.8 Å². The molecule has 0 unspecified atom stereocenters. The molecule has 2 aromatic carbocycles. The molecule has 0 aliphatic carbocycles. The first-order valence-corrected chi connectivity index (χ1v) is 7.56. The molecule has 1 amide bonds. The van der Waals surface area contributed by atoms with Crippen LogP contribution in [-0.2, 0) is 0 Å². The van der Waals surface area contributed by atoms with Gasteiger partial charge in [0.25, 0.3) is 5.91 Å². The second-order valence-electron chi connectivity index (χ2n) is 4.88. The van der Waals surface area contributed by atoms with E-state index < -0.39 is 0 Å². The summed E-state index contributed by atoms with van der Waals surface area (Å²) in [5, 5.41) is 2.86. The van der Waals surface area contributed by atoms with Gasteiger partial charge in [-0.2, -0.15) is 0 Å². The van der Waals surface area contributed by atoms with Crippen molar-refractivity contribution in [2.75, 3.05) is 5.32 Å². The van der Waals surface area contributed by atoms with Crippen molar-refractivity contribution in [1.82, 2.24) is 0 Å². The number of aryl methyl sites for hydroxylation is 2. The Labute approximate surface area is 137 Å². The van der Waals surface area contributed by atoms with Crippen LogP contribution in [-0.4, -0.2) is 10.9 Å². The van der Waals surface area contributed by atoms with E-state index in [4.69, 9.17) is 18.0 Å². The maximum absolute atomic E-state index is 12.4. The molecule has 2 aromatic rings. The number of halogens is 1. The number of amides is 1. The summed E-state index contributed by atoms with van der Waals surface area (Å²) < 4.78 is 0.856. The van der Waals surface area contributed by atoms with Crippen molar-refractivity contribution in [1.29, 1.82) is 0 Å². The number of benzene rings is 2. The van der Waals surface area contributed by atoms with Crippen molar-refractivity contribution >= 4 is 44.7 Å². The standard InChI is InChI=1S/C16H15BrN2OS/c1-9-5-10(2)7-11(6-9)16(20)19-14-4-3-12(17)8-13(14)15(18)21/h3-8H,1-2H3,(H2,18,21)(H,19,20). The molecule has 0 aromatic heterocycles. The van der Waals surface area contributed by atoms with Crippen LogP contribution in [0.3, 0.4) is 0 Å². The number of anilines is 1. The topological polar surface area (TPSA) is 55.1 Å². The smallest absolute Gasteiger partial charge is 0.255 e. The lowest BCUT2D eigenvalue weighted by Crippen LogP contribution is -2.17. The van der Waals surface area contributed by atoms with E-state index in [9.17, 15) is 4.79 Å². The second kappa shape index (κ2) is 6.37. The molecule has 0 saturated carbocycles. The minimum Gasteiger partial charge on any atom is -0.389 e. The van der Waals surface area contributed by atoms with Crippen LogP contribution < -0.4 is 11.1 Å². The number of rotatable bonds is 3. The monoisotopic (exact) mass is 362 g/mol. The third-order valence-corrected chi connectivity index (χ3v) is 3.69. The zero-order valence-corrected chi connectivity index (χ0v) is 14.1. The summed E-state index contributed by atoms with van der Waals surface area (Å²) in [6, 6.07) is 11.1. The average Bonchev–Trinajstić information content (AvgIpc) is 2.39. The number of hydrogen-bond acceptors (Lipinski definition) is 2. The molecule has 0 radical (unpaired) electrons. The third kappa shape index (κ3) is 3.89. The maximum atomic E-state index is 12.4.